The molecule has 52 heavy (non-hydrogen) atoms. The Morgan fingerprint density at radius 1 is 0.692 bits per heavy atom. The maximum atomic E-state index is 10.8. The lowest BCUT2D eigenvalue weighted by Gasteiger charge is -2.15. The van der Waals surface area contributed by atoms with Crippen LogP contribution in [0.5, 0.6) is 28.7 Å². The summed E-state index contributed by atoms with van der Waals surface area (Å²) in [7, 11) is 0. The van der Waals surface area contributed by atoms with Crippen LogP contribution < -0.4 is 0 Å². The van der Waals surface area contributed by atoms with Crippen LogP contribution in [0.2, 0.25) is 0 Å². The molecule has 0 aliphatic rings. The fourth-order valence-electron chi connectivity index (χ4n) is 7.02. The molecule has 5 N–H and O–H groups in total. The van der Waals surface area contributed by atoms with Crippen molar-refractivity contribution in [1.29, 1.82) is 0 Å². The van der Waals surface area contributed by atoms with E-state index in [2.05, 4.69) is 57.5 Å². The van der Waals surface area contributed by atoms with Crippen molar-refractivity contribution < 1.29 is 25.5 Å². The Balaban J connectivity index is 1.39. The lowest BCUT2D eigenvalue weighted by Crippen LogP contribution is -1.98. The van der Waals surface area contributed by atoms with Gasteiger partial charge in [0.05, 0.1) is 27.0 Å². The van der Waals surface area contributed by atoms with Crippen LogP contribution in [0.1, 0.15) is 28.5 Å². The van der Waals surface area contributed by atoms with Gasteiger partial charge in [-0.1, -0.05) is 68.3 Å². The highest BCUT2D eigenvalue weighted by molar-refractivity contribution is 7.21. The molecule has 0 aliphatic carbocycles. The molecule has 0 bridgehead atoms. The Morgan fingerprint density at radius 2 is 1.37 bits per heavy atom. The molecule has 10 heteroatoms. The number of rotatable bonds is 7. The van der Waals surface area contributed by atoms with E-state index in [1.807, 2.05) is 67.6 Å². The van der Waals surface area contributed by atoms with Gasteiger partial charge in [-0.25, -0.2) is 15.0 Å². The summed E-state index contributed by atoms with van der Waals surface area (Å²) in [5, 5.41) is 55.8. The summed E-state index contributed by atoms with van der Waals surface area (Å²) in [6, 6.07) is 19.2. The van der Waals surface area contributed by atoms with E-state index < -0.39 is 28.7 Å². The number of phenolic OH excluding ortho intramolecular Hbond substituents is 5. The van der Waals surface area contributed by atoms with Crippen LogP contribution in [0, 0.1) is 0 Å². The van der Waals surface area contributed by atoms with Gasteiger partial charge in [-0.3, -0.25) is 0 Å². The molecular weight excluding hydrogens is 673 g/mol. The number of fused-ring (bicyclic) bond motifs is 6. The molecule has 8 aromatic rings. The van der Waals surface area contributed by atoms with E-state index in [0.717, 1.165) is 59.1 Å². The summed E-state index contributed by atoms with van der Waals surface area (Å²) < 4.78 is 3.33. The van der Waals surface area contributed by atoms with Gasteiger partial charge in [0.15, 0.2) is 23.0 Å². The maximum Gasteiger partial charge on any atom is 0.208 e. The molecule has 0 amide bonds. The van der Waals surface area contributed by atoms with Gasteiger partial charge in [-0.2, -0.15) is 0 Å². The van der Waals surface area contributed by atoms with Gasteiger partial charge in [0.1, 0.15) is 0 Å². The number of thiophene rings is 1. The quantitative estimate of drug-likeness (QED) is 0.0815. The molecule has 4 aromatic heterocycles. The van der Waals surface area contributed by atoms with Crippen LogP contribution >= 0.6 is 11.3 Å². The van der Waals surface area contributed by atoms with Crippen molar-refractivity contribution >= 4 is 78.6 Å². The lowest BCUT2D eigenvalue weighted by molar-refractivity contribution is 0.330. The Labute approximate surface area is 301 Å². The minimum atomic E-state index is -1.06. The van der Waals surface area contributed by atoms with Gasteiger partial charge >= 0.3 is 0 Å². The van der Waals surface area contributed by atoms with Crippen molar-refractivity contribution in [1.82, 2.24) is 19.5 Å². The summed E-state index contributed by atoms with van der Waals surface area (Å²) in [6.07, 6.45) is 11.4. The Kier molecular flexibility index (Phi) is 7.55. The van der Waals surface area contributed by atoms with E-state index in [-0.39, 0.29) is 22.7 Å². The monoisotopic (exact) mass is 702 g/mol. The van der Waals surface area contributed by atoms with Gasteiger partial charge in [0.2, 0.25) is 17.2 Å². The molecule has 0 unspecified atom stereocenters. The fourth-order valence-corrected chi connectivity index (χ4v) is 8.23. The minimum absolute atomic E-state index is 0.00908. The van der Waals surface area contributed by atoms with Gasteiger partial charge in [-0.05, 0) is 60.5 Å². The molecule has 4 aromatic carbocycles. The topological polar surface area (TPSA) is 145 Å². The highest BCUT2D eigenvalue weighted by Crippen LogP contribution is 2.55. The van der Waals surface area contributed by atoms with Crippen LogP contribution in [0.3, 0.4) is 0 Å². The smallest absolute Gasteiger partial charge is 0.208 e. The number of pyridine rings is 1. The number of hydrogen-bond donors (Lipinski definition) is 5. The Morgan fingerprint density at radius 3 is 2.04 bits per heavy atom. The van der Waals surface area contributed by atoms with Crippen LogP contribution in [0.4, 0.5) is 0 Å². The fraction of sp³-hybridized carbons (Fsp3) is 0.0238. The van der Waals surface area contributed by atoms with Gasteiger partial charge in [-0.15, -0.1) is 11.3 Å². The number of aromatic nitrogens is 4. The van der Waals surface area contributed by atoms with E-state index in [1.54, 1.807) is 29.7 Å². The molecule has 0 atom stereocenters. The standard InChI is InChI=1S/C42H30N4O5S/c1-5-12-25-23(6-2)30-26-13-9-10-15-28(26)46(34(30)40-31(25)24(7-3)29(8-4)52-40)22-18-16-21(17-19-22)41-44-33(27-14-11-20-43-42(27)45-41)32-35(47)37(49)39(51)38(50)36(32)48/h5-20,47-51H,2-4H2,1H3/b12-5-. The largest absolute Gasteiger partial charge is 0.504 e. The third-order valence-corrected chi connectivity index (χ3v) is 10.5. The van der Waals surface area contributed by atoms with Crippen molar-refractivity contribution in [3.63, 3.8) is 0 Å². The zero-order valence-corrected chi connectivity index (χ0v) is 28.6. The van der Waals surface area contributed by atoms with E-state index in [4.69, 9.17) is 0 Å². The Bertz CT molecular complexity index is 2840. The van der Waals surface area contributed by atoms with Crippen LogP contribution in [-0.2, 0) is 0 Å². The third kappa shape index (κ3) is 4.51. The van der Waals surface area contributed by atoms with Gasteiger partial charge in [0, 0.05) is 49.4 Å². The van der Waals surface area contributed by atoms with Crippen LogP contribution in [0.25, 0.3) is 95.6 Å². The summed E-state index contributed by atoms with van der Waals surface area (Å²) in [5.41, 5.74) is 6.46. The van der Waals surface area contributed by atoms with E-state index in [1.165, 1.54) is 0 Å². The molecule has 0 saturated carbocycles. The molecule has 8 rings (SSSR count). The highest BCUT2D eigenvalue weighted by atomic mass is 32.1. The molecule has 0 fully saturated rings. The van der Waals surface area contributed by atoms with Crippen molar-refractivity contribution in [3.05, 3.63) is 114 Å². The van der Waals surface area contributed by atoms with Crippen molar-refractivity contribution in [3.8, 4) is 57.1 Å². The minimum Gasteiger partial charge on any atom is -0.504 e. The van der Waals surface area contributed by atoms with Crippen LogP contribution in [-0.4, -0.2) is 45.1 Å². The normalized spacial score (nSPS) is 11.7. The number of para-hydroxylation sites is 1. The number of aromatic hydroxyl groups is 5. The number of benzene rings is 4. The average molecular weight is 703 g/mol. The second kappa shape index (κ2) is 12.1. The zero-order chi connectivity index (χ0) is 36.4. The second-order valence-corrected chi connectivity index (χ2v) is 13.1. The molecular formula is C42H30N4O5S. The summed E-state index contributed by atoms with van der Waals surface area (Å²) in [5.74, 6) is -4.58. The molecule has 0 saturated heterocycles. The first-order chi connectivity index (χ1) is 25.2. The molecule has 0 aliphatic heterocycles. The maximum absolute atomic E-state index is 10.8. The van der Waals surface area contributed by atoms with Crippen molar-refractivity contribution in [2.45, 2.75) is 6.92 Å². The van der Waals surface area contributed by atoms with E-state index in [9.17, 15) is 25.5 Å². The number of allylic oxidation sites excluding steroid dienone is 1. The van der Waals surface area contributed by atoms with Gasteiger partial charge in [0.25, 0.3) is 0 Å². The summed E-state index contributed by atoms with van der Waals surface area (Å²) in [6.45, 7) is 14.5. The first kappa shape index (κ1) is 32.3. The Hall–Kier alpha value is -6.91. The number of phenols is 5. The molecule has 9 nitrogen and oxygen atoms in total. The summed E-state index contributed by atoms with van der Waals surface area (Å²) in [4.78, 5) is 14.7. The predicted molar refractivity (Wildman–Crippen MR) is 211 cm³/mol. The lowest BCUT2D eigenvalue weighted by atomic mass is 9.94. The average Bonchev–Trinajstić information content (AvgIpc) is 3.72. The van der Waals surface area contributed by atoms with Crippen LogP contribution in [0.15, 0.2) is 92.7 Å². The van der Waals surface area contributed by atoms with Crippen molar-refractivity contribution in [2.24, 2.45) is 0 Å². The second-order valence-electron chi connectivity index (χ2n) is 12.0. The third-order valence-electron chi connectivity index (χ3n) is 9.28. The molecule has 4 heterocycles. The predicted octanol–water partition coefficient (Wildman–Crippen LogP) is 10.2. The number of nitrogens with zero attached hydrogens (tertiary/aromatic N) is 4. The zero-order valence-electron chi connectivity index (χ0n) is 27.8. The summed E-state index contributed by atoms with van der Waals surface area (Å²) >= 11 is 1.67. The molecule has 0 spiro atoms. The number of hydrogen-bond acceptors (Lipinski definition) is 9. The van der Waals surface area contributed by atoms with E-state index in [0.29, 0.717) is 10.9 Å². The van der Waals surface area contributed by atoms with Gasteiger partial charge < -0.3 is 30.1 Å². The van der Waals surface area contributed by atoms with E-state index >= 15 is 0 Å². The SMILES string of the molecule is C=Cc1sc2c(c1C=C)c(/C=C\C)c(C=C)c1c3ccccc3n(-c3ccc(-c4nc(-c5c(O)c(O)c(O)c(O)c5O)c5cccnc5n4)cc3)c21. The molecule has 254 valence electrons. The highest BCUT2D eigenvalue weighted by Gasteiger charge is 2.28. The first-order valence-corrected chi connectivity index (χ1v) is 17.0. The molecule has 0 radical (unpaired) electrons. The first-order valence-electron chi connectivity index (χ1n) is 16.2. The van der Waals surface area contributed by atoms with Crippen molar-refractivity contribution in [2.75, 3.05) is 0 Å².